The van der Waals surface area contributed by atoms with E-state index in [0.717, 1.165) is 22.0 Å². The summed E-state index contributed by atoms with van der Waals surface area (Å²) in [5.41, 5.74) is 8.44. The van der Waals surface area contributed by atoms with Gasteiger partial charge in [0, 0.05) is 14.1 Å². The summed E-state index contributed by atoms with van der Waals surface area (Å²) in [5.74, 6) is 0. The van der Waals surface area contributed by atoms with Gasteiger partial charge < -0.3 is 10.2 Å². The molecule has 2 N–H and O–H groups in total. The van der Waals surface area contributed by atoms with Gasteiger partial charge in [-0.05, 0) is 64.4 Å². The third-order valence-electron chi connectivity index (χ3n) is 2.39. The summed E-state index contributed by atoms with van der Waals surface area (Å²) in [7, 11) is 0. The van der Waals surface area contributed by atoms with Crippen molar-refractivity contribution in [2.75, 3.05) is 0 Å². The third-order valence-corrected chi connectivity index (χ3v) is 3.79. The van der Waals surface area contributed by atoms with Crippen molar-refractivity contribution < 1.29 is 4.42 Å². The van der Waals surface area contributed by atoms with Crippen LogP contribution in [0.15, 0.2) is 45.7 Å². The van der Waals surface area contributed by atoms with Crippen molar-refractivity contribution in [1.29, 1.82) is 0 Å². The predicted octanol–water partition coefficient (Wildman–Crippen LogP) is 3.89. The number of halogens is 2. The lowest BCUT2D eigenvalue weighted by Crippen LogP contribution is -2.13. The summed E-state index contributed by atoms with van der Waals surface area (Å²) in [6.45, 7) is 0. The first kappa shape index (κ1) is 12.1. The van der Waals surface area contributed by atoms with Crippen molar-refractivity contribution in [3.8, 4) is 0 Å². The summed E-state index contributed by atoms with van der Waals surface area (Å²) in [5, 5.41) is 0. The van der Waals surface area contributed by atoms with Crippen LogP contribution in [0.3, 0.4) is 0 Å². The Morgan fingerprint density at radius 2 is 2.19 bits per heavy atom. The van der Waals surface area contributed by atoms with Gasteiger partial charge in [-0.3, -0.25) is 0 Å². The second-order valence-electron chi connectivity index (χ2n) is 3.61. The molecule has 16 heavy (non-hydrogen) atoms. The molecule has 1 unspecified atom stereocenters. The number of rotatable bonds is 3. The van der Waals surface area contributed by atoms with Crippen molar-refractivity contribution >= 4 is 38.5 Å². The van der Waals surface area contributed by atoms with E-state index in [1.165, 1.54) is 3.57 Å². The largest absolute Gasteiger partial charge is 0.472 e. The van der Waals surface area contributed by atoms with Gasteiger partial charge in [-0.15, -0.1) is 0 Å². The Labute approximate surface area is 116 Å². The molecule has 0 fully saturated rings. The van der Waals surface area contributed by atoms with Crippen LogP contribution < -0.4 is 5.73 Å². The number of benzene rings is 1. The maximum atomic E-state index is 6.18. The van der Waals surface area contributed by atoms with Gasteiger partial charge in [0.1, 0.15) is 0 Å². The van der Waals surface area contributed by atoms with E-state index in [1.807, 2.05) is 12.1 Å². The van der Waals surface area contributed by atoms with Crippen molar-refractivity contribution in [2.45, 2.75) is 12.5 Å². The minimum Gasteiger partial charge on any atom is -0.472 e. The van der Waals surface area contributed by atoms with Gasteiger partial charge in [-0.1, -0.05) is 15.9 Å². The monoisotopic (exact) mass is 391 g/mol. The lowest BCUT2D eigenvalue weighted by Gasteiger charge is -2.13. The summed E-state index contributed by atoms with van der Waals surface area (Å²) in [4.78, 5) is 0. The fraction of sp³-hybridized carbons (Fsp3) is 0.167. The minimum absolute atomic E-state index is 0.0123. The van der Waals surface area contributed by atoms with Gasteiger partial charge in [0.25, 0.3) is 0 Å². The van der Waals surface area contributed by atoms with Crippen LogP contribution in [0.4, 0.5) is 0 Å². The summed E-state index contributed by atoms with van der Waals surface area (Å²) in [6, 6.07) is 8.13. The molecule has 0 radical (unpaired) electrons. The molecule has 2 aromatic rings. The smallest absolute Gasteiger partial charge is 0.0935 e. The minimum atomic E-state index is -0.0123. The summed E-state index contributed by atoms with van der Waals surface area (Å²) < 4.78 is 7.29. The van der Waals surface area contributed by atoms with Gasteiger partial charge in [-0.25, -0.2) is 0 Å². The van der Waals surface area contributed by atoms with Crippen LogP contribution >= 0.6 is 38.5 Å². The number of hydrogen-bond acceptors (Lipinski definition) is 2. The molecule has 1 heterocycles. The van der Waals surface area contributed by atoms with E-state index in [4.69, 9.17) is 10.2 Å². The van der Waals surface area contributed by atoms with Gasteiger partial charge >= 0.3 is 0 Å². The van der Waals surface area contributed by atoms with Crippen molar-refractivity contribution in [3.63, 3.8) is 0 Å². The zero-order valence-electron chi connectivity index (χ0n) is 8.49. The van der Waals surface area contributed by atoms with E-state index in [2.05, 4.69) is 50.7 Å². The Bertz CT molecular complexity index is 470. The SMILES string of the molecule is NC(Cc1ccoc1)c1cc(I)ccc1Br. The van der Waals surface area contributed by atoms with Crippen LogP contribution in [0, 0.1) is 3.57 Å². The average molecular weight is 392 g/mol. The van der Waals surface area contributed by atoms with E-state index in [1.54, 1.807) is 12.5 Å². The molecule has 0 bridgehead atoms. The summed E-state index contributed by atoms with van der Waals surface area (Å²) >= 11 is 5.82. The highest BCUT2D eigenvalue weighted by Crippen LogP contribution is 2.26. The van der Waals surface area contributed by atoms with Crippen molar-refractivity contribution in [2.24, 2.45) is 5.73 Å². The molecule has 0 amide bonds. The molecule has 2 rings (SSSR count). The van der Waals surface area contributed by atoms with Crippen LogP contribution in [0.2, 0.25) is 0 Å². The maximum absolute atomic E-state index is 6.18. The second-order valence-corrected chi connectivity index (χ2v) is 5.71. The normalized spacial score (nSPS) is 12.7. The van der Waals surface area contributed by atoms with Gasteiger partial charge in [-0.2, -0.15) is 0 Å². The molecule has 4 heteroatoms. The Kier molecular flexibility index (Phi) is 4.05. The van der Waals surface area contributed by atoms with E-state index < -0.39 is 0 Å². The molecule has 0 aliphatic carbocycles. The molecule has 1 aromatic heterocycles. The fourth-order valence-electron chi connectivity index (χ4n) is 1.57. The highest BCUT2D eigenvalue weighted by molar-refractivity contribution is 14.1. The first-order valence-corrected chi connectivity index (χ1v) is 6.75. The predicted molar refractivity (Wildman–Crippen MR) is 76.2 cm³/mol. The first-order valence-electron chi connectivity index (χ1n) is 4.88. The van der Waals surface area contributed by atoms with E-state index in [9.17, 15) is 0 Å². The van der Waals surface area contributed by atoms with Crippen molar-refractivity contribution in [3.05, 3.63) is 56.0 Å². The first-order chi connectivity index (χ1) is 7.66. The molecule has 2 nitrogen and oxygen atoms in total. The van der Waals surface area contributed by atoms with Crippen LogP contribution in [0.1, 0.15) is 17.2 Å². The molecule has 1 aromatic carbocycles. The third kappa shape index (κ3) is 2.87. The number of furan rings is 1. The van der Waals surface area contributed by atoms with Gasteiger partial charge in [0.2, 0.25) is 0 Å². The molecule has 1 atom stereocenters. The molecule has 0 saturated carbocycles. The van der Waals surface area contributed by atoms with Crippen LogP contribution in [-0.4, -0.2) is 0 Å². The van der Waals surface area contributed by atoms with E-state index >= 15 is 0 Å². The maximum Gasteiger partial charge on any atom is 0.0935 e. The quantitative estimate of drug-likeness (QED) is 0.806. The highest BCUT2D eigenvalue weighted by Gasteiger charge is 2.11. The van der Waals surface area contributed by atoms with Crippen molar-refractivity contribution in [1.82, 2.24) is 0 Å². The van der Waals surface area contributed by atoms with E-state index in [0.29, 0.717) is 0 Å². The van der Waals surface area contributed by atoms with Crippen LogP contribution in [-0.2, 0) is 6.42 Å². The Hall–Kier alpha value is -0.330. The number of nitrogens with two attached hydrogens (primary N) is 1. The van der Waals surface area contributed by atoms with E-state index in [-0.39, 0.29) is 6.04 Å². The lowest BCUT2D eigenvalue weighted by molar-refractivity contribution is 0.561. The topological polar surface area (TPSA) is 39.2 Å². The second kappa shape index (κ2) is 5.33. The Morgan fingerprint density at radius 3 is 2.88 bits per heavy atom. The lowest BCUT2D eigenvalue weighted by atomic mass is 10.0. The molecular formula is C12H11BrINO. The molecule has 84 valence electrons. The molecule has 0 aliphatic heterocycles. The Balaban J connectivity index is 2.20. The number of hydrogen-bond donors (Lipinski definition) is 1. The zero-order valence-corrected chi connectivity index (χ0v) is 12.2. The zero-order chi connectivity index (χ0) is 11.5. The summed E-state index contributed by atoms with van der Waals surface area (Å²) in [6.07, 6.45) is 4.20. The van der Waals surface area contributed by atoms with Crippen LogP contribution in [0.5, 0.6) is 0 Å². The van der Waals surface area contributed by atoms with Gasteiger partial charge in [0.15, 0.2) is 0 Å². The van der Waals surface area contributed by atoms with Crippen LogP contribution in [0.25, 0.3) is 0 Å². The van der Waals surface area contributed by atoms with Gasteiger partial charge in [0.05, 0.1) is 12.5 Å². The standard InChI is InChI=1S/C12H11BrINO/c13-11-2-1-9(14)6-10(11)12(15)5-8-3-4-16-7-8/h1-4,6-7,12H,5,15H2. The molecular weight excluding hydrogens is 381 g/mol. The average Bonchev–Trinajstić information content (AvgIpc) is 2.74. The molecule has 0 saturated heterocycles. The Morgan fingerprint density at radius 1 is 1.38 bits per heavy atom. The fourth-order valence-corrected chi connectivity index (χ4v) is 2.63. The molecule has 0 spiro atoms. The highest BCUT2D eigenvalue weighted by atomic mass is 127. The molecule has 0 aliphatic rings.